The van der Waals surface area contributed by atoms with Gasteiger partial charge in [-0.05, 0) is 44.2 Å². The number of nitrogens with one attached hydrogen (secondary N) is 1. The summed E-state index contributed by atoms with van der Waals surface area (Å²) in [6, 6.07) is 3.64. The molecule has 0 radical (unpaired) electrons. The molecule has 1 aromatic rings. The SMILES string of the molecule is CCNC(C)(CCCSc1ncccc1Cl)C(=O)OC. The van der Waals surface area contributed by atoms with Crippen molar-refractivity contribution in [1.82, 2.24) is 10.3 Å². The minimum Gasteiger partial charge on any atom is -0.468 e. The summed E-state index contributed by atoms with van der Waals surface area (Å²) in [5, 5.41) is 4.69. The largest absolute Gasteiger partial charge is 0.468 e. The van der Waals surface area contributed by atoms with Crippen molar-refractivity contribution in [3.63, 3.8) is 0 Å². The Morgan fingerprint density at radius 3 is 2.95 bits per heavy atom. The second kappa shape index (κ2) is 8.49. The van der Waals surface area contributed by atoms with Gasteiger partial charge in [-0.25, -0.2) is 4.98 Å². The first kappa shape index (κ1) is 17.3. The third kappa shape index (κ3) is 4.96. The number of rotatable bonds is 8. The summed E-state index contributed by atoms with van der Waals surface area (Å²) in [5.74, 6) is 0.634. The van der Waals surface area contributed by atoms with E-state index in [2.05, 4.69) is 10.3 Å². The van der Waals surface area contributed by atoms with Crippen LogP contribution in [0.2, 0.25) is 5.02 Å². The van der Waals surface area contributed by atoms with Crippen molar-refractivity contribution in [2.24, 2.45) is 0 Å². The highest BCUT2D eigenvalue weighted by atomic mass is 35.5. The first-order chi connectivity index (χ1) is 9.53. The van der Waals surface area contributed by atoms with Crippen LogP contribution in [0.4, 0.5) is 0 Å². The minimum atomic E-state index is -0.627. The lowest BCUT2D eigenvalue weighted by Crippen LogP contribution is -2.50. The van der Waals surface area contributed by atoms with Crippen molar-refractivity contribution in [2.75, 3.05) is 19.4 Å². The summed E-state index contributed by atoms with van der Waals surface area (Å²) >= 11 is 7.65. The molecule has 6 heteroatoms. The van der Waals surface area contributed by atoms with Crippen LogP contribution in [0.1, 0.15) is 26.7 Å². The molecule has 0 aliphatic heterocycles. The number of hydrogen-bond acceptors (Lipinski definition) is 5. The van der Waals surface area contributed by atoms with Crippen LogP contribution in [-0.2, 0) is 9.53 Å². The molecular weight excluding hydrogens is 296 g/mol. The molecular formula is C14H21ClN2O2S. The van der Waals surface area contributed by atoms with Crippen molar-refractivity contribution in [1.29, 1.82) is 0 Å². The van der Waals surface area contributed by atoms with E-state index in [4.69, 9.17) is 16.3 Å². The quantitative estimate of drug-likeness (QED) is 0.453. The summed E-state index contributed by atoms with van der Waals surface area (Å²) in [4.78, 5) is 16.0. The number of pyridine rings is 1. The molecule has 0 bridgehead atoms. The maximum atomic E-state index is 11.8. The Hall–Kier alpha value is -0.780. The zero-order chi connectivity index (χ0) is 15.0. The zero-order valence-electron chi connectivity index (χ0n) is 12.1. The topological polar surface area (TPSA) is 51.2 Å². The average Bonchev–Trinajstić information content (AvgIpc) is 2.44. The van der Waals surface area contributed by atoms with Crippen molar-refractivity contribution >= 4 is 29.3 Å². The van der Waals surface area contributed by atoms with Gasteiger partial charge in [0.05, 0.1) is 12.1 Å². The van der Waals surface area contributed by atoms with Gasteiger partial charge in [-0.1, -0.05) is 18.5 Å². The lowest BCUT2D eigenvalue weighted by Gasteiger charge is -2.27. The van der Waals surface area contributed by atoms with Crippen LogP contribution < -0.4 is 5.32 Å². The van der Waals surface area contributed by atoms with Gasteiger partial charge in [-0.3, -0.25) is 4.79 Å². The van der Waals surface area contributed by atoms with Crippen molar-refractivity contribution in [3.05, 3.63) is 23.4 Å². The van der Waals surface area contributed by atoms with Crippen LogP contribution in [-0.4, -0.2) is 35.9 Å². The number of ether oxygens (including phenoxy) is 1. The van der Waals surface area contributed by atoms with Crippen LogP contribution in [0.25, 0.3) is 0 Å². The van der Waals surface area contributed by atoms with Crippen molar-refractivity contribution < 1.29 is 9.53 Å². The molecule has 0 saturated heterocycles. The normalized spacial score (nSPS) is 13.8. The standard InChI is InChI=1S/C14H21ClN2O2S/c1-4-17-14(2,13(18)19-3)8-6-10-20-12-11(15)7-5-9-16-12/h5,7,9,17H,4,6,8,10H2,1-3H3. The molecule has 0 aliphatic carbocycles. The molecule has 1 unspecified atom stereocenters. The van der Waals surface area contributed by atoms with Gasteiger partial charge in [0.25, 0.3) is 0 Å². The fraction of sp³-hybridized carbons (Fsp3) is 0.571. The Balaban J connectivity index is 2.45. The van der Waals surface area contributed by atoms with Gasteiger partial charge >= 0.3 is 5.97 Å². The van der Waals surface area contributed by atoms with E-state index in [0.29, 0.717) is 11.4 Å². The molecule has 4 nitrogen and oxygen atoms in total. The summed E-state index contributed by atoms with van der Waals surface area (Å²) in [6.45, 7) is 4.58. The van der Waals surface area contributed by atoms with Crippen LogP contribution >= 0.6 is 23.4 Å². The molecule has 0 saturated carbocycles. The third-order valence-electron chi connectivity index (χ3n) is 2.99. The van der Waals surface area contributed by atoms with Crippen LogP contribution in [0.5, 0.6) is 0 Å². The van der Waals surface area contributed by atoms with Gasteiger partial charge in [-0.2, -0.15) is 0 Å². The van der Waals surface area contributed by atoms with Crippen LogP contribution in [0, 0.1) is 0 Å². The first-order valence-corrected chi connectivity index (χ1v) is 7.96. The highest BCUT2D eigenvalue weighted by Crippen LogP contribution is 2.26. The van der Waals surface area contributed by atoms with Gasteiger partial charge in [0, 0.05) is 6.20 Å². The number of esters is 1. The van der Waals surface area contributed by atoms with E-state index < -0.39 is 5.54 Å². The number of aromatic nitrogens is 1. The number of carbonyl (C=O) groups is 1. The van der Waals surface area contributed by atoms with E-state index >= 15 is 0 Å². The summed E-state index contributed by atoms with van der Waals surface area (Å²) in [7, 11) is 1.42. The summed E-state index contributed by atoms with van der Waals surface area (Å²) in [5.41, 5.74) is -0.627. The van der Waals surface area contributed by atoms with E-state index in [1.807, 2.05) is 26.0 Å². The molecule has 0 aromatic carbocycles. The van der Waals surface area contributed by atoms with Crippen LogP contribution in [0.15, 0.2) is 23.4 Å². The zero-order valence-corrected chi connectivity index (χ0v) is 13.7. The van der Waals surface area contributed by atoms with Gasteiger partial charge < -0.3 is 10.1 Å². The van der Waals surface area contributed by atoms with Gasteiger partial charge in [-0.15, -0.1) is 11.8 Å². The predicted molar refractivity (Wildman–Crippen MR) is 83.3 cm³/mol. The highest BCUT2D eigenvalue weighted by Gasteiger charge is 2.32. The Morgan fingerprint density at radius 2 is 2.35 bits per heavy atom. The lowest BCUT2D eigenvalue weighted by molar-refractivity contribution is -0.148. The molecule has 112 valence electrons. The molecule has 1 rings (SSSR count). The van der Waals surface area contributed by atoms with Crippen molar-refractivity contribution in [3.8, 4) is 0 Å². The second-order valence-corrected chi connectivity index (χ2v) is 6.09. The molecule has 1 N–H and O–H groups in total. The maximum Gasteiger partial charge on any atom is 0.325 e. The Morgan fingerprint density at radius 1 is 1.60 bits per heavy atom. The summed E-state index contributed by atoms with van der Waals surface area (Å²) in [6.07, 6.45) is 3.31. The number of halogens is 1. The first-order valence-electron chi connectivity index (χ1n) is 6.60. The number of carbonyl (C=O) groups excluding carboxylic acids is 1. The molecule has 0 spiro atoms. The number of hydrogen-bond donors (Lipinski definition) is 1. The van der Waals surface area contributed by atoms with E-state index in [1.165, 1.54) is 7.11 Å². The smallest absolute Gasteiger partial charge is 0.325 e. The van der Waals surface area contributed by atoms with Crippen molar-refractivity contribution in [2.45, 2.75) is 37.3 Å². The molecule has 20 heavy (non-hydrogen) atoms. The molecule has 0 fully saturated rings. The minimum absolute atomic E-state index is 0.222. The number of likely N-dealkylation sites (N-methyl/N-ethyl adjacent to an activating group) is 1. The number of thioether (sulfide) groups is 1. The van der Waals surface area contributed by atoms with Gasteiger partial charge in [0.2, 0.25) is 0 Å². The maximum absolute atomic E-state index is 11.8. The monoisotopic (exact) mass is 316 g/mol. The number of nitrogens with zero attached hydrogens (tertiary/aromatic N) is 1. The Labute approximate surface area is 129 Å². The van der Waals surface area contributed by atoms with E-state index in [-0.39, 0.29) is 5.97 Å². The Bertz CT molecular complexity index is 445. The highest BCUT2D eigenvalue weighted by molar-refractivity contribution is 7.99. The molecule has 1 aromatic heterocycles. The predicted octanol–water partition coefficient (Wildman–Crippen LogP) is 3.15. The Kier molecular flexibility index (Phi) is 7.34. The molecule has 1 heterocycles. The van der Waals surface area contributed by atoms with E-state index in [0.717, 1.165) is 23.7 Å². The lowest BCUT2D eigenvalue weighted by atomic mass is 9.96. The fourth-order valence-electron chi connectivity index (χ4n) is 1.95. The second-order valence-electron chi connectivity index (χ2n) is 4.60. The van der Waals surface area contributed by atoms with E-state index in [1.54, 1.807) is 18.0 Å². The average molecular weight is 317 g/mol. The molecule has 1 atom stereocenters. The van der Waals surface area contributed by atoms with Gasteiger partial charge in [0.1, 0.15) is 10.6 Å². The van der Waals surface area contributed by atoms with E-state index in [9.17, 15) is 4.79 Å². The fourth-order valence-corrected chi connectivity index (χ4v) is 3.06. The number of methoxy groups -OCH3 is 1. The summed E-state index contributed by atoms with van der Waals surface area (Å²) < 4.78 is 4.86. The molecule has 0 aliphatic rings. The van der Waals surface area contributed by atoms with Gasteiger partial charge in [0.15, 0.2) is 0 Å². The molecule has 0 amide bonds. The van der Waals surface area contributed by atoms with Crippen LogP contribution in [0.3, 0.4) is 0 Å². The third-order valence-corrected chi connectivity index (χ3v) is 4.50.